The van der Waals surface area contributed by atoms with Gasteiger partial charge in [-0.25, -0.2) is 0 Å². The van der Waals surface area contributed by atoms with Crippen LogP contribution < -0.4 is 15.2 Å². The first-order valence-corrected chi connectivity index (χ1v) is 28.0. The molecule has 2 aliphatic rings. The minimum atomic E-state index is -0.178. The van der Waals surface area contributed by atoms with Gasteiger partial charge in [0, 0.05) is 84.3 Å². The maximum atomic E-state index is 15.3. The first-order chi connectivity index (χ1) is 31.6. The number of hydrogen-bond donors (Lipinski definition) is 0. The highest BCUT2D eigenvalue weighted by Crippen LogP contribution is 2.43. The maximum absolute atomic E-state index is 15.3. The van der Waals surface area contributed by atoms with Crippen molar-refractivity contribution in [1.29, 1.82) is 0 Å². The molecule has 0 bridgehead atoms. The lowest BCUT2D eigenvalue weighted by molar-refractivity contribution is -0.108. The second-order valence-electron chi connectivity index (χ2n) is 18.6. The molecule has 6 aromatic rings. The number of aryl methyl sites for hydroxylation is 3. The second kappa shape index (κ2) is 21.8. The zero-order valence-electron chi connectivity index (χ0n) is 39.6. The Hall–Kier alpha value is -3.89. The summed E-state index contributed by atoms with van der Waals surface area (Å²) in [7, 11) is 0. The molecule has 8 rings (SSSR count). The Morgan fingerprint density at radius 2 is 1.09 bits per heavy atom. The van der Waals surface area contributed by atoms with E-state index in [0.29, 0.717) is 35.8 Å². The van der Waals surface area contributed by atoms with Crippen LogP contribution in [0.2, 0.25) is 0 Å². The van der Waals surface area contributed by atoms with Crippen LogP contribution in [0.15, 0.2) is 48.5 Å². The Kier molecular flexibility index (Phi) is 16.0. The summed E-state index contributed by atoms with van der Waals surface area (Å²) < 4.78 is 8.72. The fraction of sp³-hybridized carbons (Fsp3) is 0.482. The van der Waals surface area contributed by atoms with Crippen LogP contribution in [0.25, 0.3) is 41.8 Å². The van der Waals surface area contributed by atoms with E-state index in [-0.39, 0.29) is 17.6 Å². The first-order valence-electron chi connectivity index (χ1n) is 24.7. The fourth-order valence-corrected chi connectivity index (χ4v) is 14.3. The molecule has 0 fully saturated rings. The van der Waals surface area contributed by atoms with Crippen LogP contribution in [0, 0.1) is 26.7 Å². The van der Waals surface area contributed by atoms with Gasteiger partial charge in [0.15, 0.2) is 10.8 Å². The molecule has 2 aromatic carbocycles. The largest absolute Gasteiger partial charge is 0.484 e. The molecule has 65 heavy (non-hydrogen) atoms. The van der Waals surface area contributed by atoms with Gasteiger partial charge < -0.3 is 4.74 Å². The van der Waals surface area contributed by atoms with Crippen molar-refractivity contribution < 1.29 is 19.1 Å². The topological polar surface area (TPSA) is 63.7 Å². The number of benzene rings is 2. The highest BCUT2D eigenvalue weighted by molar-refractivity contribution is 7.22. The third-order valence-corrected chi connectivity index (χ3v) is 17.9. The van der Waals surface area contributed by atoms with Crippen molar-refractivity contribution in [3.63, 3.8) is 0 Å². The van der Waals surface area contributed by atoms with Crippen LogP contribution in [0.3, 0.4) is 0 Å². The molecule has 0 saturated heterocycles. The van der Waals surface area contributed by atoms with Crippen molar-refractivity contribution in [2.45, 2.75) is 157 Å². The molecule has 1 atom stereocenters. The van der Waals surface area contributed by atoms with E-state index in [1.54, 1.807) is 50.2 Å². The van der Waals surface area contributed by atoms with Gasteiger partial charge in [0.05, 0.1) is 17.7 Å². The van der Waals surface area contributed by atoms with Gasteiger partial charge in [-0.15, -0.1) is 34.0 Å². The van der Waals surface area contributed by atoms with Crippen LogP contribution in [0.5, 0.6) is 5.06 Å². The van der Waals surface area contributed by atoms with Crippen LogP contribution in [-0.2, 0) is 4.79 Å². The zero-order chi connectivity index (χ0) is 45.6. The molecule has 1 aliphatic carbocycles. The molecular formula is C56H67NO4S4. The Morgan fingerprint density at radius 3 is 1.75 bits per heavy atom. The minimum absolute atomic E-state index is 0.0416. The maximum Gasteiger partial charge on any atom is 0.262 e. The quantitative estimate of drug-likeness (QED) is 0.0424. The average molecular weight is 946 g/mol. The molecule has 4 aromatic heterocycles. The number of carbonyl (C=O) groups is 3. The second-order valence-corrected chi connectivity index (χ2v) is 23.2. The average Bonchev–Trinajstić information content (AvgIpc) is 4.16. The number of ether oxygens (including phenoxy) is 1. The van der Waals surface area contributed by atoms with E-state index in [2.05, 4.69) is 71.0 Å². The molecule has 0 spiro atoms. The van der Waals surface area contributed by atoms with E-state index >= 15 is 4.79 Å². The van der Waals surface area contributed by atoms with Gasteiger partial charge in [-0.3, -0.25) is 19.3 Å². The zero-order valence-corrected chi connectivity index (χ0v) is 42.8. The lowest BCUT2D eigenvalue weighted by Gasteiger charge is -2.23. The molecule has 0 radical (unpaired) electrons. The molecular weight excluding hydrogens is 879 g/mol. The third kappa shape index (κ3) is 10.1. The van der Waals surface area contributed by atoms with Gasteiger partial charge in [0.2, 0.25) is 0 Å². The van der Waals surface area contributed by atoms with Crippen LogP contribution in [-0.4, -0.2) is 35.6 Å². The Labute approximate surface area is 402 Å². The van der Waals surface area contributed by atoms with Crippen molar-refractivity contribution in [2.24, 2.45) is 5.92 Å². The highest BCUT2D eigenvalue weighted by atomic mass is 32.1. The summed E-state index contributed by atoms with van der Waals surface area (Å²) in [6.07, 6.45) is 21.5. The number of ketones is 1. The monoisotopic (exact) mass is 945 g/mol. The van der Waals surface area contributed by atoms with E-state index in [0.717, 1.165) is 93.7 Å². The number of unbranched alkanes of at least 4 members (excludes halogenated alkanes) is 13. The van der Waals surface area contributed by atoms with Gasteiger partial charge in [-0.2, -0.15) is 0 Å². The van der Waals surface area contributed by atoms with Crippen LogP contribution in [0.4, 0.5) is 0 Å². The highest BCUT2D eigenvalue weighted by Gasteiger charge is 2.40. The van der Waals surface area contributed by atoms with E-state index < -0.39 is 0 Å². The number of fused-ring (bicyclic) bond motifs is 7. The standard InChI is InChI=1S/C56H67NO4S4/c1-7-10-13-16-18-21-24-38(23-20-15-12-9-3)34-57-55(59)46-35(4)25-27-39(47(46)56(57)60)42-29-30-44(64-42)49-51-50(48(52(49)58)43-28-26-36(5)62-43)53-40(32-37(6)63-53)41-33-45(65-54(41)51)61-31-22-19-17-14-11-8-2/h25-30,32-33,38H,7-24,31,34H2,1-6H3. The molecule has 5 nitrogen and oxygen atoms in total. The molecule has 1 unspecified atom stereocenters. The summed E-state index contributed by atoms with van der Waals surface area (Å²) in [6, 6.07) is 16.8. The normalized spacial score (nSPS) is 14.2. The minimum Gasteiger partial charge on any atom is -0.484 e. The predicted molar refractivity (Wildman–Crippen MR) is 279 cm³/mol. The summed E-state index contributed by atoms with van der Waals surface area (Å²) in [5, 5.41) is 5.23. The smallest absolute Gasteiger partial charge is 0.262 e. The lowest BCUT2D eigenvalue weighted by atomic mass is 9.93. The van der Waals surface area contributed by atoms with E-state index in [9.17, 15) is 9.59 Å². The number of Topliss-reactive ketones (excluding diaryl/α,β-unsaturated/α-hetero) is 1. The molecule has 2 amide bonds. The van der Waals surface area contributed by atoms with Gasteiger partial charge in [-0.05, 0) is 81.8 Å². The fourth-order valence-electron chi connectivity index (χ4n) is 10.1. The summed E-state index contributed by atoms with van der Waals surface area (Å²) in [5.74, 6) is 0.00384. The number of carbonyl (C=O) groups excluding carboxylic acids is 3. The van der Waals surface area contributed by atoms with E-state index in [1.807, 2.05) is 19.1 Å². The van der Waals surface area contributed by atoms with Gasteiger partial charge in [-0.1, -0.05) is 141 Å². The van der Waals surface area contributed by atoms with Crippen LogP contribution >= 0.6 is 45.3 Å². The van der Waals surface area contributed by atoms with Gasteiger partial charge in [0.1, 0.15) is 0 Å². The third-order valence-electron chi connectivity index (χ3n) is 13.6. The summed E-state index contributed by atoms with van der Waals surface area (Å²) in [4.78, 5) is 51.0. The van der Waals surface area contributed by atoms with Gasteiger partial charge >= 0.3 is 0 Å². The van der Waals surface area contributed by atoms with E-state index in [1.165, 1.54) is 98.6 Å². The predicted octanol–water partition coefficient (Wildman–Crippen LogP) is 15.5. The first kappa shape index (κ1) is 47.6. The van der Waals surface area contributed by atoms with Crippen LogP contribution in [0.1, 0.15) is 182 Å². The molecule has 344 valence electrons. The van der Waals surface area contributed by atoms with E-state index in [4.69, 9.17) is 4.74 Å². The molecule has 0 saturated carbocycles. The summed E-state index contributed by atoms with van der Waals surface area (Å²) in [6.45, 7) is 14.1. The molecule has 0 N–H and O–H groups in total. The molecule has 1 aliphatic heterocycles. The number of rotatable bonds is 25. The Morgan fingerprint density at radius 1 is 0.538 bits per heavy atom. The molecule has 5 heterocycles. The van der Waals surface area contributed by atoms with Gasteiger partial charge in [0.25, 0.3) is 11.8 Å². The van der Waals surface area contributed by atoms with Crippen molar-refractivity contribution in [2.75, 3.05) is 13.2 Å². The van der Waals surface area contributed by atoms with Crippen molar-refractivity contribution in [1.82, 2.24) is 4.90 Å². The van der Waals surface area contributed by atoms with Crippen molar-refractivity contribution in [3.8, 4) is 15.5 Å². The van der Waals surface area contributed by atoms with Crippen molar-refractivity contribution in [3.05, 3.63) is 95.2 Å². The number of thiophene rings is 4. The summed E-state index contributed by atoms with van der Waals surface area (Å²) in [5.41, 5.74) is 4.15. The summed E-state index contributed by atoms with van der Waals surface area (Å²) >= 11 is 6.65. The SMILES string of the molecule is CCCCCCCCOc1cc2c(s1)c1c(c3sc(C)cc32)=C(c2ccc(C)s2)C(=O)C=1c1ccc(-c2ccc(C)c3c2C(=O)N(CC(CCCCCC)CCCCCCCC)C3=O)s1. The number of nitrogens with zero attached hydrogens (tertiary/aromatic N) is 1. The number of hydrogen-bond acceptors (Lipinski definition) is 8. The Bertz CT molecular complexity index is 2810. The van der Waals surface area contributed by atoms with Crippen molar-refractivity contribution >= 4 is 94.3 Å². The lowest BCUT2D eigenvalue weighted by Crippen LogP contribution is -2.34. The number of imide groups is 1. The molecule has 9 heteroatoms. The number of amides is 2. The Balaban J connectivity index is 1.17.